The quantitative estimate of drug-likeness (QED) is 0.587. The molecular weight excluding hydrogens is 275 g/mol. The highest BCUT2D eigenvalue weighted by Crippen LogP contribution is 2.04. The van der Waals surface area contributed by atoms with E-state index in [2.05, 4.69) is 26.1 Å². The number of hydrogen-bond acceptors (Lipinski definition) is 4. The average molecular weight is 285 g/mol. The molecule has 90 valence electrons. The zero-order valence-corrected chi connectivity index (χ0v) is 10.9. The van der Waals surface area contributed by atoms with Crippen molar-refractivity contribution >= 4 is 35.6 Å². The summed E-state index contributed by atoms with van der Waals surface area (Å²) in [5.74, 6) is -0.284. The molecule has 0 aliphatic rings. The molecule has 0 radical (unpaired) electrons. The number of methoxy groups -OCH3 is 1. The van der Waals surface area contributed by atoms with Crippen molar-refractivity contribution in [3.8, 4) is 0 Å². The number of carbonyl (C=O) groups excluding carboxylic acids is 1. The van der Waals surface area contributed by atoms with Crippen LogP contribution in [0.15, 0.2) is 24.3 Å². The lowest BCUT2D eigenvalue weighted by Crippen LogP contribution is -2.00. The minimum absolute atomic E-state index is 0.284. The molecule has 0 atom stereocenters. The van der Waals surface area contributed by atoms with Crippen LogP contribution in [0.3, 0.4) is 0 Å². The van der Waals surface area contributed by atoms with E-state index in [0.29, 0.717) is 5.56 Å². The first-order valence-electron chi connectivity index (χ1n) is 4.03. The van der Waals surface area contributed by atoms with Gasteiger partial charge in [0.25, 0.3) is 0 Å². The highest BCUT2D eigenvalue weighted by molar-refractivity contribution is 8.31. The number of ether oxygens (including phenoxy) is 1. The van der Waals surface area contributed by atoms with Crippen LogP contribution in [0.2, 0.25) is 0 Å². The summed E-state index contributed by atoms with van der Waals surface area (Å²) in [5.41, 5.74) is 1.67. The van der Waals surface area contributed by atoms with Gasteiger partial charge >= 0.3 is 14.2 Å². The molecular formula is C9H10Cl2O4S. The van der Waals surface area contributed by atoms with Crippen LogP contribution < -0.4 is 0 Å². The lowest BCUT2D eigenvalue weighted by molar-refractivity contribution is 0.0600. The molecule has 0 aromatic heterocycles. The maximum absolute atomic E-state index is 10.9. The lowest BCUT2D eigenvalue weighted by Gasteiger charge is -1.98. The molecule has 16 heavy (non-hydrogen) atoms. The minimum atomic E-state index is -3.72. The van der Waals surface area contributed by atoms with Crippen LogP contribution in [0.4, 0.5) is 0 Å². The van der Waals surface area contributed by atoms with E-state index < -0.39 is 8.26 Å². The summed E-state index contributed by atoms with van der Waals surface area (Å²) < 4.78 is 22.9. The summed E-state index contributed by atoms with van der Waals surface area (Å²) in [4.78, 5) is 10.9. The maximum Gasteiger partial charge on any atom is 0.337 e. The van der Waals surface area contributed by atoms with Crippen molar-refractivity contribution in [1.29, 1.82) is 0 Å². The predicted octanol–water partition coefficient (Wildman–Crippen LogP) is 2.49. The van der Waals surface area contributed by atoms with Crippen LogP contribution in [0.25, 0.3) is 0 Å². The number of benzene rings is 1. The Morgan fingerprint density at radius 2 is 1.81 bits per heavy atom. The molecule has 1 rings (SSSR count). The fourth-order valence-electron chi connectivity index (χ4n) is 0.890. The summed E-state index contributed by atoms with van der Waals surface area (Å²) >= 11 is 0. The van der Waals surface area contributed by atoms with Gasteiger partial charge in [-0.15, -0.1) is 0 Å². The second kappa shape index (κ2) is 6.73. The molecule has 0 unspecified atom stereocenters. The molecule has 1 aromatic carbocycles. The second-order valence-corrected chi connectivity index (χ2v) is 6.41. The molecule has 0 saturated carbocycles. The van der Waals surface area contributed by atoms with Gasteiger partial charge in [0, 0.05) is 21.4 Å². The number of rotatable bonds is 1. The summed E-state index contributed by atoms with van der Waals surface area (Å²) in [6.45, 7) is 1.94. The topological polar surface area (TPSA) is 60.4 Å². The summed E-state index contributed by atoms with van der Waals surface area (Å²) in [6.07, 6.45) is 0. The first-order chi connectivity index (χ1) is 7.24. The number of carbonyl (C=O) groups is 1. The first-order valence-corrected chi connectivity index (χ1v) is 7.17. The highest BCUT2D eigenvalue weighted by Gasteiger charge is 2.02. The third kappa shape index (κ3) is 8.52. The van der Waals surface area contributed by atoms with Gasteiger partial charge in [-0.3, -0.25) is 0 Å². The average Bonchev–Trinajstić information content (AvgIpc) is 2.14. The van der Waals surface area contributed by atoms with E-state index in [0.717, 1.165) is 5.56 Å². The second-order valence-electron chi connectivity index (χ2n) is 2.74. The summed E-state index contributed by atoms with van der Waals surface area (Å²) in [7, 11) is 6.19. The molecule has 1 aromatic rings. The van der Waals surface area contributed by atoms with E-state index in [4.69, 9.17) is 8.42 Å². The fraction of sp³-hybridized carbons (Fsp3) is 0.222. The molecule has 4 nitrogen and oxygen atoms in total. The third-order valence-corrected chi connectivity index (χ3v) is 1.44. The third-order valence-electron chi connectivity index (χ3n) is 1.44. The fourth-order valence-corrected chi connectivity index (χ4v) is 0.890. The molecule has 0 aliphatic carbocycles. The van der Waals surface area contributed by atoms with Gasteiger partial charge in [-0.05, 0) is 19.1 Å². The molecule has 0 amide bonds. The summed E-state index contributed by atoms with van der Waals surface area (Å²) in [6, 6.07) is 7.30. The molecule has 0 N–H and O–H groups in total. The largest absolute Gasteiger partial charge is 0.465 e. The lowest BCUT2D eigenvalue weighted by atomic mass is 10.1. The summed E-state index contributed by atoms with van der Waals surface area (Å²) in [5, 5.41) is 0. The zero-order chi connectivity index (χ0) is 12.8. The number of hydrogen-bond donors (Lipinski definition) is 0. The standard InChI is InChI=1S/C9H10O2.Cl2O2S/c1-7-4-3-5-8(6-7)9(10)11-2;1-5(2,3)4/h3-6H,1-2H3;. The van der Waals surface area contributed by atoms with Crippen LogP contribution in [0.1, 0.15) is 15.9 Å². The predicted molar refractivity (Wildman–Crippen MR) is 63.1 cm³/mol. The van der Waals surface area contributed by atoms with Gasteiger partial charge in [0.15, 0.2) is 0 Å². The van der Waals surface area contributed by atoms with Crippen molar-refractivity contribution in [2.24, 2.45) is 0 Å². The molecule has 0 saturated heterocycles. The van der Waals surface area contributed by atoms with Crippen LogP contribution in [-0.4, -0.2) is 21.5 Å². The van der Waals surface area contributed by atoms with Crippen LogP contribution in [0, 0.1) is 6.92 Å². The van der Waals surface area contributed by atoms with E-state index in [1.54, 1.807) is 12.1 Å². The van der Waals surface area contributed by atoms with Gasteiger partial charge in [0.2, 0.25) is 0 Å². The van der Waals surface area contributed by atoms with E-state index in [-0.39, 0.29) is 5.97 Å². The van der Waals surface area contributed by atoms with Crippen molar-refractivity contribution < 1.29 is 17.9 Å². The number of aryl methyl sites for hydroxylation is 1. The molecule has 0 fully saturated rings. The SMILES string of the molecule is COC(=O)c1cccc(C)c1.O=S(=O)(Cl)Cl. The minimum Gasteiger partial charge on any atom is -0.465 e. The van der Waals surface area contributed by atoms with Crippen LogP contribution in [-0.2, 0) is 13.0 Å². The Labute approximate surface area is 103 Å². The van der Waals surface area contributed by atoms with Gasteiger partial charge in [0.05, 0.1) is 12.7 Å². The molecule has 0 bridgehead atoms. The van der Waals surface area contributed by atoms with Crippen molar-refractivity contribution in [2.45, 2.75) is 6.92 Å². The Hall–Kier alpha value is -0.780. The van der Waals surface area contributed by atoms with E-state index in [1.165, 1.54) is 7.11 Å². The van der Waals surface area contributed by atoms with E-state index in [1.807, 2.05) is 19.1 Å². The van der Waals surface area contributed by atoms with Crippen LogP contribution in [0.5, 0.6) is 0 Å². The Bertz CT molecular complexity index is 448. The number of halogens is 2. The van der Waals surface area contributed by atoms with Crippen molar-refractivity contribution in [2.75, 3.05) is 7.11 Å². The Kier molecular flexibility index (Phi) is 6.40. The van der Waals surface area contributed by atoms with Gasteiger partial charge < -0.3 is 4.74 Å². The molecule has 7 heteroatoms. The molecule has 0 heterocycles. The van der Waals surface area contributed by atoms with Crippen LogP contribution >= 0.6 is 21.4 Å². The van der Waals surface area contributed by atoms with Gasteiger partial charge in [-0.2, -0.15) is 8.42 Å². The molecule has 0 spiro atoms. The Morgan fingerprint density at radius 3 is 2.19 bits per heavy atom. The Morgan fingerprint density at radius 1 is 1.31 bits per heavy atom. The van der Waals surface area contributed by atoms with Crippen molar-refractivity contribution in [1.82, 2.24) is 0 Å². The normalized spacial score (nSPS) is 10.0. The van der Waals surface area contributed by atoms with E-state index >= 15 is 0 Å². The van der Waals surface area contributed by atoms with Crippen molar-refractivity contribution in [3.05, 3.63) is 35.4 Å². The van der Waals surface area contributed by atoms with Gasteiger partial charge in [-0.25, -0.2) is 4.79 Å². The zero-order valence-electron chi connectivity index (χ0n) is 8.61. The maximum atomic E-state index is 10.9. The van der Waals surface area contributed by atoms with E-state index in [9.17, 15) is 4.79 Å². The monoisotopic (exact) mass is 284 g/mol. The van der Waals surface area contributed by atoms with Gasteiger partial charge in [-0.1, -0.05) is 17.7 Å². The highest BCUT2D eigenvalue weighted by atomic mass is 36.0. The number of esters is 1. The Balaban J connectivity index is 0.000000385. The van der Waals surface area contributed by atoms with Crippen molar-refractivity contribution in [3.63, 3.8) is 0 Å². The first kappa shape index (κ1) is 15.2. The molecule has 0 aliphatic heterocycles. The van der Waals surface area contributed by atoms with Gasteiger partial charge in [0.1, 0.15) is 0 Å². The smallest absolute Gasteiger partial charge is 0.337 e.